The highest BCUT2D eigenvalue weighted by Crippen LogP contribution is 2.47. The van der Waals surface area contributed by atoms with Crippen molar-refractivity contribution in [3.8, 4) is 0 Å². The van der Waals surface area contributed by atoms with Gasteiger partial charge in [-0.15, -0.1) is 0 Å². The molecular formula is C18H35N3O3. The van der Waals surface area contributed by atoms with Crippen LogP contribution >= 0.6 is 0 Å². The molecule has 0 aromatic carbocycles. The van der Waals surface area contributed by atoms with E-state index in [2.05, 4.69) is 17.0 Å². The quantitative estimate of drug-likeness (QED) is 0.792. The van der Waals surface area contributed by atoms with Gasteiger partial charge >= 0.3 is 12.1 Å². The largest absolute Gasteiger partial charge is 0.447 e. The predicted octanol–water partition coefficient (Wildman–Crippen LogP) is 3.61. The van der Waals surface area contributed by atoms with E-state index < -0.39 is 0 Å². The molecule has 0 atom stereocenters. The number of alkyl carbamates (subject to hydrolysis) is 1. The Morgan fingerprint density at radius 2 is 1.62 bits per heavy atom. The molecule has 2 aliphatic heterocycles. The molecule has 0 aromatic heterocycles. The van der Waals surface area contributed by atoms with Crippen molar-refractivity contribution in [2.45, 2.75) is 77.8 Å². The number of carbonyl (C=O) groups is 2. The fourth-order valence-corrected chi connectivity index (χ4v) is 3.06. The molecule has 24 heavy (non-hydrogen) atoms. The predicted molar refractivity (Wildman–Crippen MR) is 96.1 cm³/mol. The summed E-state index contributed by atoms with van der Waals surface area (Å²) in [6.45, 7) is 12.5. The van der Waals surface area contributed by atoms with Crippen LogP contribution < -0.4 is 5.32 Å². The second-order valence-electron chi connectivity index (χ2n) is 6.40. The summed E-state index contributed by atoms with van der Waals surface area (Å²) in [5.41, 5.74) is 0.384. The van der Waals surface area contributed by atoms with Crippen molar-refractivity contribution in [1.29, 1.82) is 0 Å². The third-order valence-corrected chi connectivity index (χ3v) is 4.89. The van der Waals surface area contributed by atoms with E-state index >= 15 is 0 Å². The number of amides is 3. The third kappa shape index (κ3) is 4.54. The first-order valence-electron chi connectivity index (χ1n) is 9.48. The van der Waals surface area contributed by atoms with Crippen LogP contribution in [0.5, 0.6) is 0 Å². The van der Waals surface area contributed by atoms with Crippen LogP contribution in [0.15, 0.2) is 0 Å². The molecule has 0 aromatic rings. The van der Waals surface area contributed by atoms with Crippen LogP contribution in [0, 0.1) is 0 Å². The van der Waals surface area contributed by atoms with Gasteiger partial charge in [-0.05, 0) is 39.0 Å². The molecule has 4 rings (SSSR count). The lowest BCUT2D eigenvalue weighted by molar-refractivity contribution is 0.102. The molecule has 6 heteroatoms. The van der Waals surface area contributed by atoms with Crippen LogP contribution in [-0.4, -0.2) is 59.7 Å². The molecule has 0 bridgehead atoms. The summed E-state index contributed by atoms with van der Waals surface area (Å²) in [6.07, 6.45) is 5.56. The maximum atomic E-state index is 11.7. The summed E-state index contributed by atoms with van der Waals surface area (Å²) in [5, 5.41) is 2.74. The molecule has 2 saturated carbocycles. The number of rotatable bonds is 1. The van der Waals surface area contributed by atoms with Crippen LogP contribution in [0.4, 0.5) is 9.59 Å². The van der Waals surface area contributed by atoms with E-state index in [0.29, 0.717) is 12.1 Å². The van der Waals surface area contributed by atoms with E-state index in [1.165, 1.54) is 19.3 Å². The second kappa shape index (κ2) is 8.58. The zero-order chi connectivity index (χ0) is 18.4. The SMILES string of the molecule is CC.CC.CCN1C(=O)N(C)CCC12CC2.O=C1NC2(CC2)CO1. The molecule has 2 saturated heterocycles. The number of cyclic esters (lactones) is 1. The van der Waals surface area contributed by atoms with Crippen molar-refractivity contribution in [3.63, 3.8) is 0 Å². The summed E-state index contributed by atoms with van der Waals surface area (Å²) < 4.78 is 4.68. The van der Waals surface area contributed by atoms with Gasteiger partial charge in [0, 0.05) is 25.7 Å². The highest BCUT2D eigenvalue weighted by molar-refractivity contribution is 5.76. The highest BCUT2D eigenvalue weighted by Gasteiger charge is 2.52. The van der Waals surface area contributed by atoms with Crippen molar-refractivity contribution in [1.82, 2.24) is 15.1 Å². The summed E-state index contributed by atoms with van der Waals surface area (Å²) in [7, 11) is 1.89. The number of nitrogens with zero attached hydrogens (tertiary/aromatic N) is 2. The van der Waals surface area contributed by atoms with Crippen molar-refractivity contribution < 1.29 is 14.3 Å². The summed E-state index contributed by atoms with van der Waals surface area (Å²) in [5.74, 6) is 0. The van der Waals surface area contributed by atoms with Gasteiger partial charge in [0.2, 0.25) is 0 Å². The fourth-order valence-electron chi connectivity index (χ4n) is 3.06. The number of carbonyl (C=O) groups excluding carboxylic acids is 2. The van der Waals surface area contributed by atoms with Gasteiger partial charge in [-0.3, -0.25) is 0 Å². The Kier molecular flexibility index (Phi) is 7.36. The summed E-state index contributed by atoms with van der Waals surface area (Å²) in [4.78, 5) is 25.9. The molecule has 140 valence electrons. The normalized spacial score (nSPS) is 23.8. The number of hydrogen-bond donors (Lipinski definition) is 1. The molecule has 2 aliphatic carbocycles. The zero-order valence-corrected chi connectivity index (χ0v) is 16.3. The minimum Gasteiger partial charge on any atom is -0.447 e. The van der Waals surface area contributed by atoms with E-state index in [-0.39, 0.29) is 17.7 Å². The molecule has 6 nitrogen and oxygen atoms in total. The molecule has 1 N–H and O–H groups in total. The summed E-state index contributed by atoms with van der Waals surface area (Å²) >= 11 is 0. The van der Waals surface area contributed by atoms with Gasteiger partial charge in [-0.2, -0.15) is 0 Å². The fraction of sp³-hybridized carbons (Fsp3) is 0.889. The Bertz CT molecular complexity index is 431. The molecule has 4 aliphatic rings. The number of hydrogen-bond acceptors (Lipinski definition) is 3. The minimum atomic E-state index is -0.248. The lowest BCUT2D eigenvalue weighted by atomic mass is 10.1. The smallest absolute Gasteiger partial charge is 0.407 e. The standard InChI is InChI=1S/C9H16N2O.C5H7NO2.2C2H6/c1-3-11-8(12)10(2)7-6-9(11)4-5-9;7-4-6-5(1-2-5)3-8-4;2*1-2/h3-7H2,1-2H3;1-3H2,(H,6,7);2*1-2H3. The minimum absolute atomic E-state index is 0.0943. The molecule has 0 radical (unpaired) electrons. The first-order valence-corrected chi connectivity index (χ1v) is 9.48. The van der Waals surface area contributed by atoms with E-state index in [1.807, 2.05) is 44.5 Å². The first kappa shape index (κ1) is 20.6. The van der Waals surface area contributed by atoms with Crippen LogP contribution in [0.1, 0.15) is 66.7 Å². The van der Waals surface area contributed by atoms with E-state index in [9.17, 15) is 9.59 Å². The maximum absolute atomic E-state index is 11.7. The lowest BCUT2D eigenvalue weighted by Crippen LogP contribution is -2.54. The van der Waals surface area contributed by atoms with Gasteiger partial charge in [0.25, 0.3) is 0 Å². The first-order chi connectivity index (χ1) is 11.5. The number of urea groups is 1. The zero-order valence-electron chi connectivity index (χ0n) is 16.3. The van der Waals surface area contributed by atoms with Gasteiger partial charge in [0.1, 0.15) is 6.61 Å². The van der Waals surface area contributed by atoms with Crippen molar-refractivity contribution in [2.24, 2.45) is 0 Å². The van der Waals surface area contributed by atoms with Gasteiger partial charge in [0.15, 0.2) is 0 Å². The Morgan fingerprint density at radius 1 is 1.04 bits per heavy atom. The Hall–Kier alpha value is -1.46. The Labute approximate surface area is 146 Å². The number of ether oxygens (including phenoxy) is 1. The third-order valence-electron chi connectivity index (χ3n) is 4.89. The van der Waals surface area contributed by atoms with Crippen LogP contribution in [0.25, 0.3) is 0 Å². The molecule has 3 amide bonds. The van der Waals surface area contributed by atoms with E-state index in [0.717, 1.165) is 25.9 Å². The molecular weight excluding hydrogens is 306 g/mol. The van der Waals surface area contributed by atoms with Gasteiger partial charge in [-0.1, -0.05) is 27.7 Å². The van der Waals surface area contributed by atoms with Gasteiger partial charge in [0.05, 0.1) is 5.54 Å². The van der Waals surface area contributed by atoms with Gasteiger partial charge < -0.3 is 19.9 Å². The average Bonchev–Trinajstić information content (AvgIpc) is 3.51. The van der Waals surface area contributed by atoms with Crippen molar-refractivity contribution in [2.75, 3.05) is 26.7 Å². The van der Waals surface area contributed by atoms with Crippen LogP contribution in [0.2, 0.25) is 0 Å². The van der Waals surface area contributed by atoms with Crippen molar-refractivity contribution in [3.05, 3.63) is 0 Å². The van der Waals surface area contributed by atoms with Crippen LogP contribution in [-0.2, 0) is 4.74 Å². The molecule has 4 fully saturated rings. The second-order valence-corrected chi connectivity index (χ2v) is 6.40. The topological polar surface area (TPSA) is 61.9 Å². The average molecular weight is 341 g/mol. The molecule has 2 heterocycles. The Balaban J connectivity index is 0.000000208. The lowest BCUT2D eigenvalue weighted by Gasteiger charge is -2.40. The van der Waals surface area contributed by atoms with Gasteiger partial charge in [-0.25, -0.2) is 9.59 Å². The van der Waals surface area contributed by atoms with Crippen LogP contribution in [0.3, 0.4) is 0 Å². The monoisotopic (exact) mass is 341 g/mol. The molecule has 0 unspecified atom stereocenters. The maximum Gasteiger partial charge on any atom is 0.407 e. The molecule has 2 spiro atoms. The Morgan fingerprint density at radius 3 is 1.96 bits per heavy atom. The summed E-state index contributed by atoms with van der Waals surface area (Å²) in [6, 6.07) is 0.223. The van der Waals surface area contributed by atoms with E-state index in [1.54, 1.807) is 0 Å². The highest BCUT2D eigenvalue weighted by atomic mass is 16.6. The number of nitrogens with one attached hydrogen (secondary N) is 1. The van der Waals surface area contributed by atoms with E-state index in [4.69, 9.17) is 0 Å². The van der Waals surface area contributed by atoms with Crippen molar-refractivity contribution >= 4 is 12.1 Å².